The summed E-state index contributed by atoms with van der Waals surface area (Å²) >= 11 is 0. The molecular formula is C21H21FO3. The standard InChI is InChI=1S/C21H21FO3/c1-24-19-12-6-10-17(14-19)21(23,16-8-4-3-5-9-16)18-11-7-13-20(22,15-18)25-2/h3-14,23H,15H2,1-2H3. The summed E-state index contributed by atoms with van der Waals surface area (Å²) < 4.78 is 25.1. The molecule has 2 unspecified atom stereocenters. The Labute approximate surface area is 147 Å². The average Bonchev–Trinajstić information content (AvgIpc) is 2.68. The summed E-state index contributed by atoms with van der Waals surface area (Å²) in [6.45, 7) is 0. The van der Waals surface area contributed by atoms with Crippen LogP contribution in [0.5, 0.6) is 5.75 Å². The third-order valence-corrected chi connectivity index (χ3v) is 4.56. The average molecular weight is 340 g/mol. The molecule has 0 spiro atoms. The molecule has 0 amide bonds. The van der Waals surface area contributed by atoms with E-state index in [0.29, 0.717) is 22.4 Å². The first-order chi connectivity index (χ1) is 12.0. The number of alkyl halides is 1. The van der Waals surface area contributed by atoms with Crippen molar-refractivity contribution in [2.24, 2.45) is 0 Å². The number of halogens is 1. The molecule has 1 N–H and O–H groups in total. The summed E-state index contributed by atoms with van der Waals surface area (Å²) in [5.74, 6) is -1.32. The van der Waals surface area contributed by atoms with Gasteiger partial charge in [-0.15, -0.1) is 0 Å². The first-order valence-corrected chi connectivity index (χ1v) is 8.07. The van der Waals surface area contributed by atoms with E-state index in [1.165, 1.54) is 13.2 Å². The van der Waals surface area contributed by atoms with Crippen LogP contribution in [0.2, 0.25) is 0 Å². The smallest absolute Gasteiger partial charge is 0.232 e. The van der Waals surface area contributed by atoms with E-state index in [-0.39, 0.29) is 6.42 Å². The molecule has 0 fully saturated rings. The van der Waals surface area contributed by atoms with Gasteiger partial charge in [0.05, 0.1) is 7.11 Å². The van der Waals surface area contributed by atoms with Gasteiger partial charge in [0, 0.05) is 13.5 Å². The molecule has 4 heteroatoms. The molecule has 3 nitrogen and oxygen atoms in total. The van der Waals surface area contributed by atoms with Crippen LogP contribution in [0.1, 0.15) is 17.5 Å². The van der Waals surface area contributed by atoms with Crippen LogP contribution in [0.3, 0.4) is 0 Å². The van der Waals surface area contributed by atoms with Gasteiger partial charge in [0.1, 0.15) is 11.4 Å². The highest BCUT2D eigenvalue weighted by atomic mass is 19.2. The van der Waals surface area contributed by atoms with Crippen molar-refractivity contribution >= 4 is 0 Å². The number of aliphatic hydroxyl groups is 1. The Morgan fingerprint density at radius 2 is 1.76 bits per heavy atom. The minimum absolute atomic E-state index is 0.0669. The third kappa shape index (κ3) is 3.23. The van der Waals surface area contributed by atoms with Gasteiger partial charge in [-0.25, -0.2) is 4.39 Å². The number of rotatable bonds is 5. The van der Waals surface area contributed by atoms with Gasteiger partial charge in [-0.2, -0.15) is 0 Å². The van der Waals surface area contributed by atoms with Crippen molar-refractivity contribution in [2.75, 3.05) is 14.2 Å². The number of ether oxygens (including phenoxy) is 2. The van der Waals surface area contributed by atoms with Gasteiger partial charge >= 0.3 is 0 Å². The predicted octanol–water partition coefficient (Wildman–Crippen LogP) is 4.13. The molecule has 0 aromatic heterocycles. The van der Waals surface area contributed by atoms with E-state index in [0.717, 1.165) is 0 Å². The van der Waals surface area contributed by atoms with Gasteiger partial charge in [0.2, 0.25) is 5.85 Å². The summed E-state index contributed by atoms with van der Waals surface area (Å²) in [5, 5.41) is 11.7. The monoisotopic (exact) mass is 340 g/mol. The molecule has 0 saturated carbocycles. The summed E-state index contributed by atoms with van der Waals surface area (Å²) in [6, 6.07) is 16.4. The minimum atomic E-state index is -1.94. The van der Waals surface area contributed by atoms with E-state index in [2.05, 4.69) is 0 Å². The van der Waals surface area contributed by atoms with Crippen LogP contribution in [0.4, 0.5) is 4.39 Å². The fourth-order valence-electron chi connectivity index (χ4n) is 3.14. The lowest BCUT2D eigenvalue weighted by atomic mass is 9.76. The first-order valence-electron chi connectivity index (χ1n) is 8.07. The molecule has 0 bridgehead atoms. The van der Waals surface area contributed by atoms with Gasteiger partial charge in [-0.3, -0.25) is 0 Å². The molecule has 0 saturated heterocycles. The molecule has 2 aromatic carbocycles. The van der Waals surface area contributed by atoms with E-state index < -0.39 is 11.5 Å². The lowest BCUT2D eigenvalue weighted by Gasteiger charge is -2.36. The Balaban J connectivity index is 2.17. The summed E-state index contributed by atoms with van der Waals surface area (Å²) in [7, 11) is 2.89. The minimum Gasteiger partial charge on any atom is -0.497 e. The van der Waals surface area contributed by atoms with E-state index in [1.807, 2.05) is 30.3 Å². The van der Waals surface area contributed by atoms with Crippen molar-refractivity contribution in [3.63, 3.8) is 0 Å². The van der Waals surface area contributed by atoms with Crippen molar-refractivity contribution in [2.45, 2.75) is 17.9 Å². The highest BCUT2D eigenvalue weighted by molar-refractivity contribution is 5.49. The third-order valence-electron chi connectivity index (χ3n) is 4.56. The second kappa shape index (κ2) is 6.82. The molecule has 1 aliphatic rings. The lowest BCUT2D eigenvalue weighted by Crippen LogP contribution is -2.36. The van der Waals surface area contributed by atoms with Crippen LogP contribution in [-0.2, 0) is 10.3 Å². The molecule has 0 radical (unpaired) electrons. The molecule has 0 aliphatic heterocycles. The molecular weight excluding hydrogens is 319 g/mol. The first kappa shape index (κ1) is 17.4. The highest BCUT2D eigenvalue weighted by Crippen LogP contribution is 2.43. The SMILES string of the molecule is COc1cccc(C(O)(C2=CC=CC(F)(OC)C2)c2ccccc2)c1. The maximum Gasteiger partial charge on any atom is 0.232 e. The van der Waals surface area contributed by atoms with Crippen molar-refractivity contribution < 1.29 is 19.0 Å². The topological polar surface area (TPSA) is 38.7 Å². The Morgan fingerprint density at radius 3 is 2.44 bits per heavy atom. The quantitative estimate of drug-likeness (QED) is 0.889. The number of hydrogen-bond donors (Lipinski definition) is 1. The summed E-state index contributed by atoms with van der Waals surface area (Å²) in [6.07, 6.45) is 4.61. The Kier molecular flexibility index (Phi) is 4.75. The van der Waals surface area contributed by atoms with Gasteiger partial charge in [0.25, 0.3) is 0 Å². The normalized spacial score (nSPS) is 22.2. The van der Waals surface area contributed by atoms with E-state index in [1.54, 1.807) is 43.5 Å². The van der Waals surface area contributed by atoms with E-state index in [4.69, 9.17) is 9.47 Å². The molecule has 25 heavy (non-hydrogen) atoms. The van der Waals surface area contributed by atoms with Crippen LogP contribution in [0, 0.1) is 0 Å². The van der Waals surface area contributed by atoms with Gasteiger partial charge in [-0.05, 0) is 34.9 Å². The van der Waals surface area contributed by atoms with Gasteiger partial charge < -0.3 is 14.6 Å². The maximum atomic E-state index is 14.8. The van der Waals surface area contributed by atoms with Crippen molar-refractivity contribution in [3.8, 4) is 5.75 Å². The van der Waals surface area contributed by atoms with Crippen LogP contribution < -0.4 is 4.74 Å². The molecule has 1 aliphatic carbocycles. The Bertz CT molecular complexity index is 800. The molecule has 2 atom stereocenters. The highest BCUT2D eigenvalue weighted by Gasteiger charge is 2.41. The zero-order valence-corrected chi connectivity index (χ0v) is 14.3. The Morgan fingerprint density at radius 1 is 1.04 bits per heavy atom. The summed E-state index contributed by atoms with van der Waals surface area (Å²) in [4.78, 5) is 0. The van der Waals surface area contributed by atoms with Crippen LogP contribution in [0.25, 0.3) is 0 Å². The van der Waals surface area contributed by atoms with E-state index >= 15 is 0 Å². The van der Waals surface area contributed by atoms with Crippen molar-refractivity contribution in [3.05, 3.63) is 89.5 Å². The largest absolute Gasteiger partial charge is 0.497 e. The zero-order valence-electron chi connectivity index (χ0n) is 14.3. The molecule has 130 valence electrons. The fourth-order valence-corrected chi connectivity index (χ4v) is 3.14. The van der Waals surface area contributed by atoms with Crippen LogP contribution in [-0.4, -0.2) is 25.2 Å². The van der Waals surface area contributed by atoms with Crippen molar-refractivity contribution in [1.29, 1.82) is 0 Å². The predicted molar refractivity (Wildman–Crippen MR) is 95.1 cm³/mol. The van der Waals surface area contributed by atoms with Crippen LogP contribution in [0.15, 0.2) is 78.4 Å². The number of methoxy groups -OCH3 is 2. The van der Waals surface area contributed by atoms with Crippen molar-refractivity contribution in [1.82, 2.24) is 0 Å². The maximum absolute atomic E-state index is 14.8. The number of benzene rings is 2. The molecule has 2 aromatic rings. The number of allylic oxidation sites excluding steroid dienone is 2. The second-order valence-electron chi connectivity index (χ2n) is 6.03. The molecule has 0 heterocycles. The van der Waals surface area contributed by atoms with Gasteiger partial charge in [0.15, 0.2) is 0 Å². The number of hydrogen-bond acceptors (Lipinski definition) is 3. The molecule has 3 rings (SSSR count). The lowest BCUT2D eigenvalue weighted by molar-refractivity contribution is -0.0843. The zero-order chi connectivity index (χ0) is 17.9. The van der Waals surface area contributed by atoms with Gasteiger partial charge in [-0.1, -0.05) is 54.6 Å². The second-order valence-corrected chi connectivity index (χ2v) is 6.03. The Hall–Kier alpha value is -2.43. The fraction of sp³-hybridized carbons (Fsp3) is 0.238. The van der Waals surface area contributed by atoms with Crippen LogP contribution >= 0.6 is 0 Å². The summed E-state index contributed by atoms with van der Waals surface area (Å²) in [5.41, 5.74) is 0.288. The van der Waals surface area contributed by atoms with E-state index in [9.17, 15) is 9.50 Å².